The molecule has 0 bridgehead atoms. The number of para-hydroxylation sites is 2. The summed E-state index contributed by atoms with van der Waals surface area (Å²) in [5.41, 5.74) is 8.13. The summed E-state index contributed by atoms with van der Waals surface area (Å²) in [7, 11) is 0. The summed E-state index contributed by atoms with van der Waals surface area (Å²) < 4.78 is 6.43. The largest absolute Gasteiger partial charge is 0.457 e. The lowest BCUT2D eigenvalue weighted by molar-refractivity contribution is 0.194. The summed E-state index contributed by atoms with van der Waals surface area (Å²) in [5, 5.41) is 0. The number of aryl methyl sites for hydroxylation is 2. The first kappa shape index (κ1) is 20.2. The van der Waals surface area contributed by atoms with Crippen LogP contribution in [-0.4, -0.2) is 5.54 Å². The molecule has 2 nitrogen and oxygen atoms in total. The van der Waals surface area contributed by atoms with Crippen molar-refractivity contribution in [3.8, 4) is 11.5 Å². The standard InChI is InChI=1S/C29H33NO/c1-20-12-6-7-16-25(20)31-26-17-11-15-24(22(26)3)30-27-21(2)13-10-14-23(27)28(4)18-8-9-19-29(28,30)5/h6-7,10-17H,8-9,18-19H2,1-5H3. The number of rotatable bonds is 3. The minimum atomic E-state index is 0.0613. The molecule has 3 aromatic carbocycles. The molecule has 0 N–H and O–H groups in total. The van der Waals surface area contributed by atoms with Gasteiger partial charge < -0.3 is 9.64 Å². The number of hydrogen-bond acceptors (Lipinski definition) is 2. The highest BCUT2D eigenvalue weighted by atomic mass is 16.5. The number of ether oxygens (including phenoxy) is 1. The van der Waals surface area contributed by atoms with E-state index in [2.05, 4.69) is 94.1 Å². The first-order valence-corrected chi connectivity index (χ1v) is 11.6. The molecule has 0 amide bonds. The topological polar surface area (TPSA) is 12.5 Å². The highest BCUT2D eigenvalue weighted by Gasteiger charge is 2.58. The van der Waals surface area contributed by atoms with Crippen molar-refractivity contribution >= 4 is 11.4 Å². The van der Waals surface area contributed by atoms with Crippen LogP contribution in [0.3, 0.4) is 0 Å². The highest BCUT2D eigenvalue weighted by Crippen LogP contribution is 2.62. The SMILES string of the molecule is Cc1ccccc1Oc1cccc(N2c3c(C)cccc3C3(C)CCCCC23C)c1C. The average Bonchev–Trinajstić information content (AvgIpc) is 2.96. The molecule has 0 spiro atoms. The molecule has 31 heavy (non-hydrogen) atoms. The second-order valence-electron chi connectivity index (χ2n) is 9.89. The Morgan fingerprint density at radius 3 is 2.23 bits per heavy atom. The van der Waals surface area contributed by atoms with Crippen molar-refractivity contribution in [3.05, 3.63) is 82.9 Å². The smallest absolute Gasteiger partial charge is 0.132 e. The number of benzene rings is 3. The maximum atomic E-state index is 6.43. The molecular formula is C29H33NO. The lowest BCUT2D eigenvalue weighted by Gasteiger charge is -2.50. The molecule has 160 valence electrons. The number of anilines is 2. The van der Waals surface area contributed by atoms with Gasteiger partial charge in [0.05, 0.1) is 5.54 Å². The van der Waals surface area contributed by atoms with Gasteiger partial charge in [0.15, 0.2) is 0 Å². The molecule has 5 rings (SSSR count). The van der Waals surface area contributed by atoms with Crippen molar-refractivity contribution in [1.82, 2.24) is 0 Å². The van der Waals surface area contributed by atoms with Crippen LogP contribution in [0.15, 0.2) is 60.7 Å². The third-order valence-electron chi connectivity index (χ3n) is 8.14. The maximum Gasteiger partial charge on any atom is 0.132 e. The van der Waals surface area contributed by atoms with Gasteiger partial charge in [-0.1, -0.05) is 62.2 Å². The quantitative estimate of drug-likeness (QED) is 0.431. The Morgan fingerprint density at radius 1 is 0.742 bits per heavy atom. The number of hydrogen-bond donors (Lipinski definition) is 0. The summed E-state index contributed by atoms with van der Waals surface area (Å²) in [6.07, 6.45) is 5.05. The van der Waals surface area contributed by atoms with Gasteiger partial charge >= 0.3 is 0 Å². The first-order chi connectivity index (χ1) is 14.9. The average molecular weight is 412 g/mol. The van der Waals surface area contributed by atoms with Crippen LogP contribution in [0.4, 0.5) is 11.4 Å². The molecule has 1 fully saturated rings. The normalized spacial score (nSPS) is 24.6. The number of fused-ring (bicyclic) bond motifs is 3. The zero-order valence-corrected chi connectivity index (χ0v) is 19.5. The molecule has 0 saturated heterocycles. The van der Waals surface area contributed by atoms with E-state index in [0.717, 1.165) is 17.1 Å². The van der Waals surface area contributed by atoms with Crippen molar-refractivity contribution in [2.24, 2.45) is 0 Å². The monoisotopic (exact) mass is 411 g/mol. The van der Waals surface area contributed by atoms with E-state index in [1.807, 2.05) is 6.07 Å². The molecule has 1 heterocycles. The molecule has 1 aliphatic carbocycles. The molecule has 2 aliphatic rings. The number of nitrogens with zero attached hydrogens (tertiary/aromatic N) is 1. The van der Waals surface area contributed by atoms with Crippen LogP contribution >= 0.6 is 0 Å². The zero-order chi connectivity index (χ0) is 21.8. The van der Waals surface area contributed by atoms with Gasteiger partial charge in [0, 0.05) is 22.4 Å². The van der Waals surface area contributed by atoms with E-state index in [1.54, 1.807) is 0 Å². The highest BCUT2D eigenvalue weighted by molar-refractivity contribution is 5.81. The maximum absolute atomic E-state index is 6.43. The third-order valence-corrected chi connectivity index (χ3v) is 8.14. The van der Waals surface area contributed by atoms with Gasteiger partial charge in [0.1, 0.15) is 11.5 Å². The fraction of sp³-hybridized carbons (Fsp3) is 0.379. The van der Waals surface area contributed by atoms with Crippen molar-refractivity contribution in [3.63, 3.8) is 0 Å². The summed E-state index contributed by atoms with van der Waals surface area (Å²) in [4.78, 5) is 2.66. The van der Waals surface area contributed by atoms with Crippen molar-refractivity contribution in [1.29, 1.82) is 0 Å². The summed E-state index contributed by atoms with van der Waals surface area (Å²) >= 11 is 0. The van der Waals surface area contributed by atoms with Crippen molar-refractivity contribution in [2.75, 3.05) is 4.90 Å². The van der Waals surface area contributed by atoms with Crippen LogP contribution in [0.1, 0.15) is 61.8 Å². The van der Waals surface area contributed by atoms with E-state index in [9.17, 15) is 0 Å². The molecule has 2 heteroatoms. The van der Waals surface area contributed by atoms with Crippen molar-refractivity contribution < 1.29 is 4.74 Å². The zero-order valence-electron chi connectivity index (χ0n) is 19.5. The van der Waals surface area contributed by atoms with Crippen LogP contribution in [0, 0.1) is 20.8 Å². The second-order valence-corrected chi connectivity index (χ2v) is 9.89. The van der Waals surface area contributed by atoms with E-state index < -0.39 is 0 Å². The van der Waals surface area contributed by atoms with Crippen LogP contribution in [-0.2, 0) is 5.41 Å². The third kappa shape index (κ3) is 2.84. The Kier molecular flexibility index (Phi) is 4.66. The Hall–Kier alpha value is -2.74. The van der Waals surface area contributed by atoms with Gasteiger partial charge in [-0.2, -0.15) is 0 Å². The van der Waals surface area contributed by atoms with E-state index in [0.29, 0.717) is 0 Å². The van der Waals surface area contributed by atoms with Crippen LogP contribution in [0.2, 0.25) is 0 Å². The second kappa shape index (κ2) is 7.15. The molecule has 0 radical (unpaired) electrons. The minimum absolute atomic E-state index is 0.0613. The fourth-order valence-electron chi connectivity index (χ4n) is 6.06. The molecule has 1 aliphatic heterocycles. The Bertz CT molecular complexity index is 1150. The predicted octanol–water partition coefficient (Wildman–Crippen LogP) is 8.15. The van der Waals surface area contributed by atoms with Gasteiger partial charge in [0.25, 0.3) is 0 Å². The van der Waals surface area contributed by atoms with E-state index in [4.69, 9.17) is 4.74 Å². The van der Waals surface area contributed by atoms with Gasteiger partial charge in [0.2, 0.25) is 0 Å². The van der Waals surface area contributed by atoms with Gasteiger partial charge in [-0.3, -0.25) is 0 Å². The van der Waals surface area contributed by atoms with Crippen molar-refractivity contribution in [2.45, 2.75) is 71.3 Å². The van der Waals surface area contributed by atoms with Crippen LogP contribution < -0.4 is 9.64 Å². The molecule has 3 aromatic rings. The minimum Gasteiger partial charge on any atom is -0.457 e. The van der Waals surface area contributed by atoms with Gasteiger partial charge in [-0.15, -0.1) is 0 Å². The Morgan fingerprint density at radius 2 is 1.42 bits per heavy atom. The summed E-state index contributed by atoms with van der Waals surface area (Å²) in [6.45, 7) is 11.6. The van der Waals surface area contributed by atoms with Gasteiger partial charge in [-0.25, -0.2) is 0 Å². The summed E-state index contributed by atoms with van der Waals surface area (Å²) in [5.74, 6) is 1.87. The molecular weight excluding hydrogens is 378 g/mol. The van der Waals surface area contributed by atoms with E-state index in [1.165, 1.54) is 53.7 Å². The lowest BCUT2D eigenvalue weighted by atomic mass is 9.61. The predicted molar refractivity (Wildman–Crippen MR) is 130 cm³/mol. The molecule has 2 atom stereocenters. The fourth-order valence-corrected chi connectivity index (χ4v) is 6.06. The van der Waals surface area contributed by atoms with Crippen LogP contribution in [0.5, 0.6) is 11.5 Å². The van der Waals surface area contributed by atoms with Gasteiger partial charge in [-0.05, 0) is 75.4 Å². The Balaban J connectivity index is 1.68. The lowest BCUT2D eigenvalue weighted by Crippen LogP contribution is -2.54. The molecule has 0 aromatic heterocycles. The van der Waals surface area contributed by atoms with Crippen LogP contribution in [0.25, 0.3) is 0 Å². The van der Waals surface area contributed by atoms with E-state index in [-0.39, 0.29) is 11.0 Å². The molecule has 2 unspecified atom stereocenters. The Labute approximate surface area is 186 Å². The molecule has 1 saturated carbocycles. The summed E-state index contributed by atoms with van der Waals surface area (Å²) in [6, 6.07) is 21.6. The van der Waals surface area contributed by atoms with E-state index >= 15 is 0 Å². The first-order valence-electron chi connectivity index (χ1n) is 11.6.